The highest BCUT2D eigenvalue weighted by Gasteiger charge is 2.07. The quantitative estimate of drug-likeness (QED) is 0.808. The summed E-state index contributed by atoms with van der Waals surface area (Å²) in [6.45, 7) is 2.20. The van der Waals surface area contributed by atoms with Crippen LogP contribution in [-0.4, -0.2) is 28.5 Å². The zero-order valence-corrected chi connectivity index (χ0v) is 10.1. The lowest BCUT2D eigenvalue weighted by Crippen LogP contribution is -2.03. The molecule has 0 aliphatic heterocycles. The number of carbonyl (C=O) groups is 1. The highest BCUT2D eigenvalue weighted by atomic mass is 32.2. The molecule has 0 spiro atoms. The zero-order chi connectivity index (χ0) is 11.3. The van der Waals surface area contributed by atoms with Crippen molar-refractivity contribution in [3.05, 3.63) is 21.9 Å². The smallest absolute Gasteiger partial charge is 0.345 e. The highest BCUT2D eigenvalue weighted by Crippen LogP contribution is 2.22. The average Bonchev–Trinajstić information content (AvgIpc) is 2.66. The maximum absolute atomic E-state index is 10.6. The van der Waals surface area contributed by atoms with Crippen LogP contribution in [0.4, 0.5) is 0 Å². The average molecular weight is 246 g/mol. The van der Waals surface area contributed by atoms with Crippen LogP contribution in [0.5, 0.6) is 0 Å². The molecule has 1 aromatic heterocycles. The first kappa shape index (κ1) is 12.5. The van der Waals surface area contributed by atoms with Gasteiger partial charge in [-0.3, -0.25) is 0 Å². The third-order valence-corrected chi connectivity index (χ3v) is 4.41. The van der Waals surface area contributed by atoms with E-state index in [9.17, 15) is 4.79 Å². The first-order valence-electron chi connectivity index (χ1n) is 4.64. The lowest BCUT2D eigenvalue weighted by molar-refractivity contribution is 0.0702. The molecule has 3 nitrogen and oxygen atoms in total. The van der Waals surface area contributed by atoms with Gasteiger partial charge >= 0.3 is 5.97 Å². The van der Waals surface area contributed by atoms with Gasteiger partial charge in [-0.2, -0.15) is 11.8 Å². The van der Waals surface area contributed by atoms with Crippen molar-refractivity contribution in [2.45, 2.75) is 12.7 Å². The second-order valence-electron chi connectivity index (χ2n) is 3.37. The molecule has 5 heteroatoms. The van der Waals surface area contributed by atoms with Crippen LogP contribution in [0.15, 0.2) is 12.1 Å². The van der Waals surface area contributed by atoms with Crippen LogP contribution in [0.1, 0.15) is 21.5 Å². The minimum absolute atomic E-state index is 0.206. The van der Waals surface area contributed by atoms with Crippen molar-refractivity contribution < 1.29 is 15.0 Å². The predicted molar refractivity (Wildman–Crippen MR) is 63.7 cm³/mol. The Morgan fingerprint density at radius 3 is 2.87 bits per heavy atom. The first-order valence-corrected chi connectivity index (χ1v) is 6.61. The van der Waals surface area contributed by atoms with Gasteiger partial charge in [0.15, 0.2) is 0 Å². The predicted octanol–water partition coefficient (Wildman–Crippen LogP) is 2.31. The summed E-state index contributed by atoms with van der Waals surface area (Å²) in [4.78, 5) is 12.1. The Kier molecular flexibility index (Phi) is 5.14. The molecule has 1 aromatic rings. The standard InChI is InChI=1S/C10H14O3S2/c1-7(4-11)5-14-6-8-2-3-9(15-8)10(12)13/h2-3,7,11H,4-6H2,1H3,(H,12,13). The summed E-state index contributed by atoms with van der Waals surface area (Å²) in [7, 11) is 0. The first-order chi connectivity index (χ1) is 7.13. The normalized spacial score (nSPS) is 12.7. The van der Waals surface area contributed by atoms with Crippen molar-refractivity contribution in [3.63, 3.8) is 0 Å². The molecule has 15 heavy (non-hydrogen) atoms. The van der Waals surface area contributed by atoms with E-state index in [1.165, 1.54) is 11.3 Å². The molecule has 0 aliphatic rings. The van der Waals surface area contributed by atoms with Gasteiger partial charge in [-0.25, -0.2) is 4.79 Å². The minimum Gasteiger partial charge on any atom is -0.477 e. The summed E-state index contributed by atoms with van der Waals surface area (Å²) in [6, 6.07) is 3.49. The van der Waals surface area contributed by atoms with E-state index in [0.717, 1.165) is 16.4 Å². The van der Waals surface area contributed by atoms with Crippen molar-refractivity contribution in [2.24, 2.45) is 5.92 Å². The fourth-order valence-electron chi connectivity index (χ4n) is 0.984. The summed E-state index contributed by atoms with van der Waals surface area (Å²) < 4.78 is 0. The Balaban J connectivity index is 2.35. The lowest BCUT2D eigenvalue weighted by Gasteiger charge is -2.05. The Bertz CT molecular complexity index is 322. The van der Waals surface area contributed by atoms with Crippen molar-refractivity contribution in [2.75, 3.05) is 12.4 Å². The molecule has 0 radical (unpaired) electrons. The third-order valence-electron chi connectivity index (χ3n) is 1.83. The Morgan fingerprint density at radius 1 is 1.60 bits per heavy atom. The van der Waals surface area contributed by atoms with Crippen LogP contribution >= 0.6 is 23.1 Å². The summed E-state index contributed by atoms with van der Waals surface area (Å²) in [5.74, 6) is 1.16. The number of carboxylic acids is 1. The summed E-state index contributed by atoms with van der Waals surface area (Å²) in [5.41, 5.74) is 0. The molecule has 1 heterocycles. The molecule has 0 aromatic carbocycles. The van der Waals surface area contributed by atoms with Gasteiger partial charge in [-0.1, -0.05) is 6.92 Å². The number of aromatic carboxylic acids is 1. The van der Waals surface area contributed by atoms with E-state index in [4.69, 9.17) is 10.2 Å². The summed E-state index contributed by atoms with van der Waals surface area (Å²) >= 11 is 3.04. The molecule has 0 aliphatic carbocycles. The van der Waals surface area contributed by atoms with E-state index in [1.54, 1.807) is 17.8 Å². The third kappa shape index (κ3) is 4.24. The van der Waals surface area contributed by atoms with Gasteiger partial charge in [-0.15, -0.1) is 11.3 Å². The highest BCUT2D eigenvalue weighted by molar-refractivity contribution is 7.98. The van der Waals surface area contributed by atoms with E-state index in [1.807, 2.05) is 13.0 Å². The molecule has 0 amide bonds. The largest absolute Gasteiger partial charge is 0.477 e. The number of hydrogen-bond donors (Lipinski definition) is 2. The molecule has 0 fully saturated rings. The number of hydrogen-bond acceptors (Lipinski definition) is 4. The van der Waals surface area contributed by atoms with Crippen molar-refractivity contribution >= 4 is 29.1 Å². The number of aliphatic hydroxyl groups excluding tert-OH is 1. The monoisotopic (exact) mass is 246 g/mol. The van der Waals surface area contributed by atoms with E-state index in [0.29, 0.717) is 10.8 Å². The number of rotatable bonds is 6. The van der Waals surface area contributed by atoms with Crippen LogP contribution in [0.3, 0.4) is 0 Å². The molecule has 2 N–H and O–H groups in total. The van der Waals surface area contributed by atoms with Crippen molar-refractivity contribution in [1.29, 1.82) is 0 Å². The number of aliphatic hydroxyl groups is 1. The lowest BCUT2D eigenvalue weighted by atomic mass is 10.2. The zero-order valence-electron chi connectivity index (χ0n) is 8.47. The molecule has 1 atom stereocenters. The Labute approximate surface area is 97.1 Å². The van der Waals surface area contributed by atoms with Crippen molar-refractivity contribution in [1.82, 2.24) is 0 Å². The van der Waals surface area contributed by atoms with Crippen LogP contribution in [0.2, 0.25) is 0 Å². The van der Waals surface area contributed by atoms with Gasteiger partial charge in [-0.05, 0) is 23.8 Å². The maximum atomic E-state index is 10.6. The molecule has 1 unspecified atom stereocenters. The van der Waals surface area contributed by atoms with Gasteiger partial charge in [0, 0.05) is 17.2 Å². The van der Waals surface area contributed by atoms with Gasteiger partial charge < -0.3 is 10.2 Å². The Morgan fingerprint density at radius 2 is 2.33 bits per heavy atom. The number of thioether (sulfide) groups is 1. The van der Waals surface area contributed by atoms with E-state index in [2.05, 4.69) is 0 Å². The van der Waals surface area contributed by atoms with Crippen LogP contribution < -0.4 is 0 Å². The van der Waals surface area contributed by atoms with Crippen LogP contribution in [0, 0.1) is 5.92 Å². The minimum atomic E-state index is -0.861. The maximum Gasteiger partial charge on any atom is 0.345 e. The molecule has 0 saturated heterocycles. The van der Waals surface area contributed by atoms with E-state index >= 15 is 0 Å². The number of thiophene rings is 1. The van der Waals surface area contributed by atoms with Gasteiger partial charge in [0.25, 0.3) is 0 Å². The van der Waals surface area contributed by atoms with Gasteiger partial charge in [0.1, 0.15) is 4.88 Å². The second-order valence-corrected chi connectivity index (χ2v) is 5.57. The van der Waals surface area contributed by atoms with Crippen LogP contribution in [-0.2, 0) is 5.75 Å². The fraction of sp³-hybridized carbons (Fsp3) is 0.500. The number of carboxylic acid groups (broad SMARTS) is 1. The summed E-state index contributed by atoms with van der Waals surface area (Å²) in [6.07, 6.45) is 0. The SMILES string of the molecule is CC(CO)CSCc1ccc(C(=O)O)s1. The molecular formula is C10H14O3S2. The second kappa shape index (κ2) is 6.15. The van der Waals surface area contributed by atoms with E-state index < -0.39 is 5.97 Å². The van der Waals surface area contributed by atoms with Crippen LogP contribution in [0.25, 0.3) is 0 Å². The summed E-state index contributed by atoms with van der Waals surface area (Å²) in [5, 5.41) is 17.5. The Hall–Kier alpha value is -0.520. The van der Waals surface area contributed by atoms with Gasteiger partial charge in [0.05, 0.1) is 0 Å². The van der Waals surface area contributed by atoms with Crippen molar-refractivity contribution in [3.8, 4) is 0 Å². The van der Waals surface area contributed by atoms with E-state index in [-0.39, 0.29) is 6.61 Å². The molecule has 1 rings (SSSR count). The molecular weight excluding hydrogens is 232 g/mol. The molecule has 0 saturated carbocycles. The fourth-order valence-corrected chi connectivity index (χ4v) is 3.03. The van der Waals surface area contributed by atoms with Gasteiger partial charge in [0.2, 0.25) is 0 Å². The topological polar surface area (TPSA) is 57.5 Å². The molecule has 0 bridgehead atoms. The molecule has 84 valence electrons.